The molecule has 4 aromatic rings. The maximum atomic E-state index is 13.4. The summed E-state index contributed by atoms with van der Waals surface area (Å²) in [5, 5.41) is 5.18. The summed E-state index contributed by atoms with van der Waals surface area (Å²) in [5.41, 5.74) is 4.74. The summed E-state index contributed by atoms with van der Waals surface area (Å²) in [7, 11) is 1.85. The highest BCUT2D eigenvalue weighted by Gasteiger charge is 2.38. The van der Waals surface area contributed by atoms with Crippen LogP contribution in [0.3, 0.4) is 0 Å². The van der Waals surface area contributed by atoms with E-state index >= 15 is 0 Å². The fourth-order valence-electron chi connectivity index (χ4n) is 5.22. The van der Waals surface area contributed by atoms with Gasteiger partial charge in [-0.05, 0) is 65.6 Å². The molecular weight excluding hydrogens is 496 g/mol. The fourth-order valence-corrected chi connectivity index (χ4v) is 7.00. The highest BCUT2D eigenvalue weighted by Crippen LogP contribution is 2.35. The van der Waals surface area contributed by atoms with Crippen molar-refractivity contribution < 1.29 is 9.59 Å². The van der Waals surface area contributed by atoms with Crippen LogP contribution in [0.4, 0.5) is 0 Å². The molecule has 0 radical (unpaired) electrons. The van der Waals surface area contributed by atoms with Crippen molar-refractivity contribution in [2.24, 2.45) is 11.8 Å². The lowest BCUT2D eigenvalue weighted by atomic mass is 9.93. The second-order valence-electron chi connectivity index (χ2n) is 9.81. The van der Waals surface area contributed by atoms with Crippen molar-refractivity contribution in [3.63, 3.8) is 0 Å². The summed E-state index contributed by atoms with van der Waals surface area (Å²) >= 11 is 3.43. The SMILES string of the molecule is Cc1ccccc1-c1ccc(CN(C)C(=O)C2CCC[C@H]2C(=O)NCc2ccc(-c3cccs3)s2)cc1. The molecule has 2 aromatic heterocycles. The number of amides is 2. The van der Waals surface area contributed by atoms with Gasteiger partial charge >= 0.3 is 0 Å². The molecule has 6 heteroatoms. The number of carbonyl (C=O) groups excluding carboxylic acids is 2. The van der Waals surface area contributed by atoms with Crippen LogP contribution < -0.4 is 5.32 Å². The molecule has 2 amide bonds. The van der Waals surface area contributed by atoms with Crippen LogP contribution >= 0.6 is 22.7 Å². The zero-order valence-corrected chi connectivity index (χ0v) is 22.9. The third-order valence-corrected chi connectivity index (χ3v) is 9.39. The van der Waals surface area contributed by atoms with Gasteiger partial charge in [0.15, 0.2) is 0 Å². The second-order valence-corrected chi connectivity index (χ2v) is 11.9. The Kier molecular flexibility index (Phi) is 7.87. The quantitative estimate of drug-likeness (QED) is 0.264. The van der Waals surface area contributed by atoms with Crippen LogP contribution in [0.2, 0.25) is 0 Å². The van der Waals surface area contributed by atoms with Gasteiger partial charge in [0.25, 0.3) is 0 Å². The van der Waals surface area contributed by atoms with E-state index in [1.165, 1.54) is 26.4 Å². The number of carbonyl (C=O) groups is 2. The monoisotopic (exact) mass is 528 g/mol. The molecule has 190 valence electrons. The van der Waals surface area contributed by atoms with E-state index in [1.54, 1.807) is 27.6 Å². The molecule has 1 N–H and O–H groups in total. The predicted molar refractivity (Wildman–Crippen MR) is 153 cm³/mol. The maximum absolute atomic E-state index is 13.4. The van der Waals surface area contributed by atoms with E-state index in [2.05, 4.69) is 90.4 Å². The molecule has 1 aliphatic carbocycles. The molecule has 2 aromatic carbocycles. The number of nitrogens with one attached hydrogen (secondary N) is 1. The van der Waals surface area contributed by atoms with Crippen LogP contribution in [0, 0.1) is 18.8 Å². The molecule has 0 bridgehead atoms. The molecule has 37 heavy (non-hydrogen) atoms. The largest absolute Gasteiger partial charge is 0.351 e. The Morgan fingerprint density at radius 3 is 2.46 bits per heavy atom. The minimum absolute atomic E-state index is 0.00194. The number of rotatable bonds is 8. The first-order valence-electron chi connectivity index (χ1n) is 12.8. The molecule has 1 unspecified atom stereocenters. The second kappa shape index (κ2) is 11.4. The van der Waals surface area contributed by atoms with Gasteiger partial charge in [-0.3, -0.25) is 9.59 Å². The first kappa shape index (κ1) is 25.4. The number of aryl methyl sites for hydroxylation is 1. The van der Waals surface area contributed by atoms with Crippen LogP contribution in [0.1, 0.15) is 35.3 Å². The van der Waals surface area contributed by atoms with E-state index in [-0.39, 0.29) is 23.7 Å². The van der Waals surface area contributed by atoms with Crippen LogP contribution in [0.15, 0.2) is 78.2 Å². The van der Waals surface area contributed by atoms with Gasteiger partial charge in [-0.2, -0.15) is 0 Å². The minimum atomic E-state index is -0.255. The van der Waals surface area contributed by atoms with Crippen molar-refractivity contribution in [3.8, 4) is 20.9 Å². The lowest BCUT2D eigenvalue weighted by Crippen LogP contribution is -2.40. The molecule has 0 aliphatic heterocycles. The summed E-state index contributed by atoms with van der Waals surface area (Å²) in [5.74, 6) is -0.439. The molecule has 1 aliphatic rings. The van der Waals surface area contributed by atoms with E-state index in [4.69, 9.17) is 0 Å². The first-order valence-corrected chi connectivity index (χ1v) is 14.5. The zero-order chi connectivity index (χ0) is 25.8. The van der Waals surface area contributed by atoms with E-state index in [0.29, 0.717) is 13.1 Å². The normalized spacial score (nSPS) is 17.0. The van der Waals surface area contributed by atoms with Gasteiger partial charge in [-0.25, -0.2) is 0 Å². The zero-order valence-electron chi connectivity index (χ0n) is 21.3. The molecule has 2 atom stereocenters. The Labute approximate surface area is 227 Å². The molecule has 1 fully saturated rings. The number of benzene rings is 2. The Balaban J connectivity index is 1.17. The molecule has 2 heterocycles. The van der Waals surface area contributed by atoms with Gasteiger partial charge in [-0.15, -0.1) is 22.7 Å². The predicted octanol–water partition coefficient (Wildman–Crippen LogP) is 7.14. The van der Waals surface area contributed by atoms with Gasteiger partial charge < -0.3 is 10.2 Å². The lowest BCUT2D eigenvalue weighted by Gasteiger charge is -2.25. The van der Waals surface area contributed by atoms with E-state index in [1.807, 2.05) is 7.05 Å². The smallest absolute Gasteiger partial charge is 0.226 e. The number of thiophene rings is 2. The average molecular weight is 529 g/mol. The minimum Gasteiger partial charge on any atom is -0.351 e. The molecule has 5 rings (SSSR count). The average Bonchev–Trinajstić information content (AvgIpc) is 3.69. The fraction of sp³-hybridized carbons (Fsp3) is 0.290. The van der Waals surface area contributed by atoms with Crippen molar-refractivity contribution in [1.82, 2.24) is 10.2 Å². The van der Waals surface area contributed by atoms with Gasteiger partial charge in [0.05, 0.1) is 6.54 Å². The Morgan fingerprint density at radius 2 is 1.70 bits per heavy atom. The Morgan fingerprint density at radius 1 is 0.919 bits per heavy atom. The number of hydrogen-bond acceptors (Lipinski definition) is 4. The molecule has 4 nitrogen and oxygen atoms in total. The maximum Gasteiger partial charge on any atom is 0.226 e. The summed E-state index contributed by atoms with van der Waals surface area (Å²) in [6.45, 7) is 3.17. The van der Waals surface area contributed by atoms with Crippen LogP contribution in [-0.2, 0) is 22.7 Å². The van der Waals surface area contributed by atoms with Crippen molar-refractivity contribution in [2.45, 2.75) is 39.3 Å². The van der Waals surface area contributed by atoms with E-state index < -0.39 is 0 Å². The van der Waals surface area contributed by atoms with Crippen LogP contribution in [-0.4, -0.2) is 23.8 Å². The standard InChI is InChI=1S/C31H32N2O2S2/c1-21-7-3-4-8-25(21)23-14-12-22(13-15-23)20-33(2)31(35)27-10-5-9-26(27)30(34)32-19-24-16-17-29(37-24)28-11-6-18-36-28/h3-4,6-8,11-18,26-27H,5,9-10,19-20H2,1-2H3,(H,32,34)/t26-,27?/m1/s1. The Bertz CT molecular complexity index is 1360. The summed E-state index contributed by atoms with van der Waals surface area (Å²) in [6.07, 6.45) is 2.45. The Hall–Kier alpha value is -3.22. The summed E-state index contributed by atoms with van der Waals surface area (Å²) in [6, 6.07) is 25.1. The highest BCUT2D eigenvalue weighted by atomic mass is 32.1. The van der Waals surface area contributed by atoms with Gasteiger partial charge in [-0.1, -0.05) is 61.0 Å². The molecular formula is C31H32N2O2S2. The highest BCUT2D eigenvalue weighted by molar-refractivity contribution is 7.21. The first-order chi connectivity index (χ1) is 18.0. The summed E-state index contributed by atoms with van der Waals surface area (Å²) < 4.78 is 0. The van der Waals surface area contributed by atoms with Crippen molar-refractivity contribution >= 4 is 34.5 Å². The summed E-state index contributed by atoms with van der Waals surface area (Å²) in [4.78, 5) is 31.8. The third kappa shape index (κ3) is 5.86. The molecule has 1 saturated carbocycles. The van der Waals surface area contributed by atoms with Crippen LogP contribution in [0.25, 0.3) is 20.9 Å². The number of nitrogens with zero attached hydrogens (tertiary/aromatic N) is 1. The van der Waals surface area contributed by atoms with E-state index in [0.717, 1.165) is 29.7 Å². The van der Waals surface area contributed by atoms with Gasteiger partial charge in [0, 0.05) is 40.1 Å². The molecule has 0 saturated heterocycles. The van der Waals surface area contributed by atoms with Crippen molar-refractivity contribution in [3.05, 3.63) is 94.2 Å². The number of hydrogen-bond donors (Lipinski definition) is 1. The van der Waals surface area contributed by atoms with Gasteiger partial charge in [0.1, 0.15) is 0 Å². The van der Waals surface area contributed by atoms with Gasteiger partial charge in [0.2, 0.25) is 11.8 Å². The van der Waals surface area contributed by atoms with Crippen molar-refractivity contribution in [1.29, 1.82) is 0 Å². The van der Waals surface area contributed by atoms with E-state index in [9.17, 15) is 9.59 Å². The topological polar surface area (TPSA) is 49.4 Å². The van der Waals surface area contributed by atoms with Crippen molar-refractivity contribution in [2.75, 3.05) is 7.05 Å². The van der Waals surface area contributed by atoms with Crippen LogP contribution in [0.5, 0.6) is 0 Å². The lowest BCUT2D eigenvalue weighted by molar-refractivity contribution is -0.140. The molecule has 0 spiro atoms. The third-order valence-electron chi connectivity index (χ3n) is 7.24.